The Morgan fingerprint density at radius 1 is 1.28 bits per heavy atom. The minimum atomic E-state index is -0.125. The largest absolute Gasteiger partial charge is 0.399 e. The molecule has 0 aliphatic carbocycles. The fraction of sp³-hybridized carbons (Fsp3) is 0.0769. The van der Waals surface area contributed by atoms with E-state index in [1.807, 2.05) is 0 Å². The van der Waals surface area contributed by atoms with Gasteiger partial charge in [-0.1, -0.05) is 0 Å². The van der Waals surface area contributed by atoms with Crippen LogP contribution in [0.2, 0.25) is 0 Å². The van der Waals surface area contributed by atoms with Crippen LogP contribution in [0.1, 0.15) is 10.4 Å². The van der Waals surface area contributed by atoms with Gasteiger partial charge in [0.25, 0.3) is 5.91 Å². The third-order valence-electron chi connectivity index (χ3n) is 2.58. The Labute approximate surface area is 114 Å². The summed E-state index contributed by atoms with van der Waals surface area (Å²) in [6.45, 7) is 0. The summed E-state index contributed by atoms with van der Waals surface area (Å²) in [5, 5.41) is 0. The molecule has 2 rings (SSSR count). The first-order valence-corrected chi connectivity index (χ1v) is 6.12. The molecule has 0 atom stereocenters. The first kappa shape index (κ1) is 12.6. The highest BCUT2D eigenvalue weighted by atomic mass is 79.9. The summed E-state index contributed by atoms with van der Waals surface area (Å²) in [6.07, 6.45) is 3.29. The van der Waals surface area contributed by atoms with Crippen molar-refractivity contribution in [2.24, 2.45) is 0 Å². The van der Waals surface area contributed by atoms with E-state index < -0.39 is 0 Å². The first-order chi connectivity index (χ1) is 8.59. The predicted molar refractivity (Wildman–Crippen MR) is 75.5 cm³/mol. The normalized spacial score (nSPS) is 10.1. The van der Waals surface area contributed by atoms with Crippen molar-refractivity contribution < 1.29 is 4.79 Å². The summed E-state index contributed by atoms with van der Waals surface area (Å²) in [7, 11) is 1.72. The van der Waals surface area contributed by atoms with Crippen molar-refractivity contribution in [3.05, 3.63) is 52.8 Å². The number of amides is 1. The van der Waals surface area contributed by atoms with Gasteiger partial charge in [0, 0.05) is 35.3 Å². The van der Waals surface area contributed by atoms with Crippen LogP contribution in [-0.2, 0) is 0 Å². The molecule has 0 saturated heterocycles. The second-order valence-corrected chi connectivity index (χ2v) is 4.66. The fourth-order valence-electron chi connectivity index (χ4n) is 1.57. The lowest BCUT2D eigenvalue weighted by Crippen LogP contribution is -2.26. The molecule has 4 nitrogen and oxygen atoms in total. The second-order valence-electron chi connectivity index (χ2n) is 3.81. The Bertz CT molecular complexity index is 572. The molecule has 18 heavy (non-hydrogen) atoms. The van der Waals surface area contributed by atoms with Crippen molar-refractivity contribution in [3.63, 3.8) is 0 Å². The molecule has 0 radical (unpaired) electrons. The summed E-state index contributed by atoms with van der Waals surface area (Å²) >= 11 is 3.36. The lowest BCUT2D eigenvalue weighted by molar-refractivity contribution is 0.0992. The highest BCUT2D eigenvalue weighted by Crippen LogP contribution is 2.23. The summed E-state index contributed by atoms with van der Waals surface area (Å²) in [5.41, 5.74) is 7.58. The monoisotopic (exact) mass is 305 g/mol. The zero-order valence-electron chi connectivity index (χ0n) is 9.80. The Balaban J connectivity index is 2.34. The minimum absolute atomic E-state index is 0.125. The fourth-order valence-corrected chi connectivity index (χ4v) is 1.99. The minimum Gasteiger partial charge on any atom is -0.399 e. The Morgan fingerprint density at radius 3 is 2.61 bits per heavy atom. The van der Waals surface area contributed by atoms with Gasteiger partial charge < -0.3 is 10.6 Å². The molecule has 0 spiro atoms. The lowest BCUT2D eigenvalue weighted by atomic mass is 10.1. The van der Waals surface area contributed by atoms with Gasteiger partial charge in [-0.3, -0.25) is 9.78 Å². The van der Waals surface area contributed by atoms with Gasteiger partial charge in [0.15, 0.2) is 0 Å². The van der Waals surface area contributed by atoms with E-state index in [9.17, 15) is 4.79 Å². The number of hydrogen-bond donors (Lipinski definition) is 1. The number of hydrogen-bond acceptors (Lipinski definition) is 3. The number of nitrogens with two attached hydrogens (primary N) is 1. The van der Waals surface area contributed by atoms with E-state index in [4.69, 9.17) is 5.73 Å². The number of pyridine rings is 1. The van der Waals surface area contributed by atoms with E-state index in [2.05, 4.69) is 20.9 Å². The van der Waals surface area contributed by atoms with Crippen LogP contribution in [0.5, 0.6) is 0 Å². The second kappa shape index (κ2) is 5.18. The molecule has 0 bridgehead atoms. The smallest absolute Gasteiger partial charge is 0.259 e. The van der Waals surface area contributed by atoms with Gasteiger partial charge in [0.1, 0.15) is 0 Å². The first-order valence-electron chi connectivity index (χ1n) is 5.32. The third-order valence-corrected chi connectivity index (χ3v) is 3.27. The molecule has 0 fully saturated rings. The zero-order valence-corrected chi connectivity index (χ0v) is 11.4. The highest BCUT2D eigenvalue weighted by Gasteiger charge is 2.16. The molecule has 5 heteroatoms. The number of rotatable bonds is 2. The third kappa shape index (κ3) is 2.51. The maximum atomic E-state index is 12.3. The van der Waals surface area contributed by atoms with E-state index in [0.29, 0.717) is 11.3 Å². The Kier molecular flexibility index (Phi) is 3.62. The molecule has 1 heterocycles. The van der Waals surface area contributed by atoms with Gasteiger partial charge >= 0.3 is 0 Å². The quantitative estimate of drug-likeness (QED) is 0.868. The number of anilines is 2. The number of benzene rings is 1. The van der Waals surface area contributed by atoms with E-state index in [1.54, 1.807) is 54.7 Å². The lowest BCUT2D eigenvalue weighted by Gasteiger charge is -2.18. The van der Waals surface area contributed by atoms with Crippen molar-refractivity contribution >= 4 is 33.2 Å². The van der Waals surface area contributed by atoms with Gasteiger partial charge in [-0.25, -0.2) is 0 Å². The van der Waals surface area contributed by atoms with E-state index in [-0.39, 0.29) is 5.91 Å². The van der Waals surface area contributed by atoms with Crippen molar-refractivity contribution in [3.8, 4) is 0 Å². The van der Waals surface area contributed by atoms with E-state index >= 15 is 0 Å². The van der Waals surface area contributed by atoms with E-state index in [1.165, 1.54) is 0 Å². The summed E-state index contributed by atoms with van der Waals surface area (Å²) in [4.78, 5) is 17.8. The van der Waals surface area contributed by atoms with Crippen molar-refractivity contribution in [2.45, 2.75) is 0 Å². The predicted octanol–water partition coefficient (Wildman–Crippen LogP) is 2.70. The van der Waals surface area contributed by atoms with Crippen LogP contribution in [0.4, 0.5) is 11.4 Å². The van der Waals surface area contributed by atoms with Crippen molar-refractivity contribution in [2.75, 3.05) is 17.7 Å². The SMILES string of the molecule is CN(C(=O)c1cc(N)ccc1Br)c1ccncc1. The molecule has 0 saturated carbocycles. The number of nitrogen functional groups attached to an aromatic ring is 1. The molecular formula is C13H12BrN3O. The molecule has 0 aliphatic heterocycles. The summed E-state index contributed by atoms with van der Waals surface area (Å²) in [5.74, 6) is -0.125. The van der Waals surface area contributed by atoms with Crippen LogP contribution >= 0.6 is 15.9 Å². The average Bonchev–Trinajstić information content (AvgIpc) is 2.41. The van der Waals surface area contributed by atoms with Gasteiger partial charge in [-0.15, -0.1) is 0 Å². The molecule has 92 valence electrons. The van der Waals surface area contributed by atoms with Crippen LogP contribution < -0.4 is 10.6 Å². The van der Waals surface area contributed by atoms with Gasteiger partial charge in [-0.05, 0) is 46.3 Å². The van der Waals surface area contributed by atoms with Crippen LogP contribution in [0.3, 0.4) is 0 Å². The number of carbonyl (C=O) groups excluding carboxylic acids is 1. The van der Waals surface area contributed by atoms with Gasteiger partial charge in [-0.2, -0.15) is 0 Å². The maximum absolute atomic E-state index is 12.3. The maximum Gasteiger partial charge on any atom is 0.259 e. The van der Waals surface area contributed by atoms with Crippen LogP contribution in [-0.4, -0.2) is 17.9 Å². The molecule has 1 aromatic heterocycles. The standard InChI is InChI=1S/C13H12BrN3O/c1-17(10-4-6-16-7-5-10)13(18)11-8-9(15)2-3-12(11)14/h2-8H,15H2,1H3. The molecule has 2 aromatic rings. The Morgan fingerprint density at radius 2 is 1.94 bits per heavy atom. The number of nitrogens with zero attached hydrogens (tertiary/aromatic N) is 2. The summed E-state index contributed by atoms with van der Waals surface area (Å²) < 4.78 is 0.725. The molecule has 2 N–H and O–H groups in total. The zero-order chi connectivity index (χ0) is 13.1. The van der Waals surface area contributed by atoms with Gasteiger partial charge in [0.2, 0.25) is 0 Å². The van der Waals surface area contributed by atoms with Crippen LogP contribution in [0, 0.1) is 0 Å². The molecule has 0 unspecified atom stereocenters. The van der Waals surface area contributed by atoms with E-state index in [0.717, 1.165) is 10.2 Å². The highest BCUT2D eigenvalue weighted by molar-refractivity contribution is 9.10. The Hall–Kier alpha value is -1.88. The molecule has 1 aromatic carbocycles. The topological polar surface area (TPSA) is 59.2 Å². The molecule has 0 aliphatic rings. The van der Waals surface area contributed by atoms with Crippen LogP contribution in [0.15, 0.2) is 47.2 Å². The number of carbonyl (C=O) groups is 1. The molecular weight excluding hydrogens is 294 g/mol. The average molecular weight is 306 g/mol. The molecule has 1 amide bonds. The summed E-state index contributed by atoms with van der Waals surface area (Å²) in [6, 6.07) is 8.72. The number of aromatic nitrogens is 1. The van der Waals surface area contributed by atoms with Gasteiger partial charge in [0.05, 0.1) is 5.56 Å². The van der Waals surface area contributed by atoms with Crippen LogP contribution in [0.25, 0.3) is 0 Å². The van der Waals surface area contributed by atoms with Crippen molar-refractivity contribution in [1.29, 1.82) is 0 Å². The number of halogens is 1. The van der Waals surface area contributed by atoms with Crippen molar-refractivity contribution in [1.82, 2.24) is 4.98 Å².